The zero-order valence-corrected chi connectivity index (χ0v) is 15.8. The first-order valence-electron chi connectivity index (χ1n) is 8.14. The number of non-ortho nitro benzene ring substituents is 1. The fourth-order valence-electron chi connectivity index (χ4n) is 2.55. The molecule has 1 atom stereocenters. The summed E-state index contributed by atoms with van der Waals surface area (Å²) >= 11 is 5.33. The zero-order chi connectivity index (χ0) is 19.1. The predicted octanol–water partition coefficient (Wildman–Crippen LogP) is 1.78. The van der Waals surface area contributed by atoms with Gasteiger partial charge in [-0.15, -0.1) is 0 Å². The van der Waals surface area contributed by atoms with E-state index in [2.05, 4.69) is 30.8 Å². The van der Waals surface area contributed by atoms with Gasteiger partial charge in [0.15, 0.2) is 5.11 Å². The van der Waals surface area contributed by atoms with Crippen LogP contribution in [0.1, 0.15) is 11.6 Å². The summed E-state index contributed by atoms with van der Waals surface area (Å²) in [6.07, 6.45) is 0. The van der Waals surface area contributed by atoms with Crippen LogP contribution >= 0.6 is 12.2 Å². The summed E-state index contributed by atoms with van der Waals surface area (Å²) in [7, 11) is 5.81. The number of hydrogen-bond acceptors (Lipinski definition) is 4. The van der Waals surface area contributed by atoms with E-state index in [0.29, 0.717) is 17.3 Å². The lowest BCUT2D eigenvalue weighted by molar-refractivity contribution is -0.890. The van der Waals surface area contributed by atoms with Crippen molar-refractivity contribution in [1.82, 2.24) is 5.32 Å². The Balaban J connectivity index is 1.97. The summed E-state index contributed by atoms with van der Waals surface area (Å²) in [6, 6.07) is 14.3. The van der Waals surface area contributed by atoms with Gasteiger partial charge < -0.3 is 20.3 Å². The molecule has 0 aliphatic carbocycles. The van der Waals surface area contributed by atoms with Crippen LogP contribution in [-0.4, -0.2) is 37.8 Å². The molecule has 2 aromatic carbocycles. The summed E-state index contributed by atoms with van der Waals surface area (Å²) in [5.41, 5.74) is 1.89. The maximum absolute atomic E-state index is 10.7. The van der Waals surface area contributed by atoms with Crippen molar-refractivity contribution in [2.24, 2.45) is 0 Å². The zero-order valence-electron chi connectivity index (χ0n) is 15.0. The second-order valence-corrected chi connectivity index (χ2v) is 6.45. The molecule has 0 heterocycles. The highest BCUT2D eigenvalue weighted by Gasteiger charge is 2.18. The second-order valence-electron chi connectivity index (χ2n) is 6.05. The highest BCUT2D eigenvalue weighted by Crippen LogP contribution is 2.17. The van der Waals surface area contributed by atoms with Crippen molar-refractivity contribution in [3.63, 3.8) is 0 Å². The van der Waals surface area contributed by atoms with Crippen LogP contribution in [0.2, 0.25) is 0 Å². The van der Waals surface area contributed by atoms with Crippen LogP contribution < -0.4 is 20.3 Å². The standard InChI is InChI=1S/C18H22N4O3S/c1-21(2)17(13-5-4-6-16(11-13)25-3)12-19-18(26)20-14-7-9-15(10-8-14)22(23)24/h4-11,17H,12H2,1-3H3,(H2,19,20,26)/p+1/t17-/m1/s1. The molecule has 0 unspecified atom stereocenters. The lowest BCUT2D eigenvalue weighted by Crippen LogP contribution is -3.07. The van der Waals surface area contributed by atoms with Crippen LogP contribution in [0.15, 0.2) is 48.5 Å². The first-order chi connectivity index (χ1) is 12.4. The Morgan fingerprint density at radius 2 is 1.96 bits per heavy atom. The van der Waals surface area contributed by atoms with Gasteiger partial charge in [-0.3, -0.25) is 10.1 Å². The Morgan fingerprint density at radius 1 is 1.27 bits per heavy atom. The molecule has 8 heteroatoms. The van der Waals surface area contributed by atoms with Gasteiger partial charge in [0.05, 0.1) is 32.7 Å². The Kier molecular flexibility index (Phi) is 6.88. The number of ether oxygens (including phenoxy) is 1. The molecule has 0 aromatic heterocycles. The van der Waals surface area contributed by atoms with Crippen LogP contribution in [0.4, 0.5) is 11.4 Å². The Hall–Kier alpha value is -2.71. The van der Waals surface area contributed by atoms with Crippen molar-refractivity contribution in [2.75, 3.05) is 33.1 Å². The Labute approximate surface area is 158 Å². The highest BCUT2D eigenvalue weighted by molar-refractivity contribution is 7.80. The summed E-state index contributed by atoms with van der Waals surface area (Å²) in [6.45, 7) is 0.633. The molecule has 2 rings (SSSR count). The van der Waals surface area contributed by atoms with Gasteiger partial charge in [0.1, 0.15) is 11.8 Å². The van der Waals surface area contributed by atoms with Gasteiger partial charge in [-0.1, -0.05) is 12.1 Å². The maximum Gasteiger partial charge on any atom is 0.269 e. The van der Waals surface area contributed by atoms with Gasteiger partial charge in [-0.2, -0.15) is 0 Å². The molecule has 0 spiro atoms. The Bertz CT molecular complexity index is 765. The number of nitro benzene ring substituents is 1. The number of hydrogen-bond donors (Lipinski definition) is 3. The third-order valence-corrected chi connectivity index (χ3v) is 4.24. The van der Waals surface area contributed by atoms with E-state index in [4.69, 9.17) is 17.0 Å². The number of methoxy groups -OCH3 is 1. The molecule has 2 aromatic rings. The van der Waals surface area contributed by atoms with Crippen LogP contribution in [0, 0.1) is 10.1 Å². The summed E-state index contributed by atoms with van der Waals surface area (Å²) in [5.74, 6) is 0.820. The van der Waals surface area contributed by atoms with Crippen molar-refractivity contribution in [3.8, 4) is 5.75 Å². The smallest absolute Gasteiger partial charge is 0.269 e. The topological polar surface area (TPSA) is 80.9 Å². The number of benzene rings is 2. The van der Waals surface area contributed by atoms with Crippen LogP contribution in [0.3, 0.4) is 0 Å². The fraction of sp³-hybridized carbons (Fsp3) is 0.278. The van der Waals surface area contributed by atoms with Crippen LogP contribution in [0.5, 0.6) is 5.75 Å². The van der Waals surface area contributed by atoms with Crippen LogP contribution in [-0.2, 0) is 0 Å². The monoisotopic (exact) mass is 375 g/mol. The lowest BCUT2D eigenvalue weighted by atomic mass is 10.1. The number of likely N-dealkylation sites (N-methyl/N-ethyl adjacent to an activating group) is 1. The van der Waals surface area contributed by atoms with E-state index in [0.717, 1.165) is 11.3 Å². The number of nitrogens with zero attached hydrogens (tertiary/aromatic N) is 1. The molecule has 0 fully saturated rings. The van der Waals surface area contributed by atoms with E-state index in [1.54, 1.807) is 19.2 Å². The van der Waals surface area contributed by atoms with Gasteiger partial charge in [0.2, 0.25) is 0 Å². The van der Waals surface area contributed by atoms with Gasteiger partial charge in [0.25, 0.3) is 5.69 Å². The molecule has 26 heavy (non-hydrogen) atoms. The number of quaternary nitrogens is 1. The molecule has 0 saturated carbocycles. The largest absolute Gasteiger partial charge is 0.497 e. The number of nitrogens with one attached hydrogen (secondary N) is 3. The average molecular weight is 375 g/mol. The van der Waals surface area contributed by atoms with Crippen LogP contribution in [0.25, 0.3) is 0 Å². The molecular formula is C18H23N4O3S+. The van der Waals surface area contributed by atoms with Gasteiger partial charge in [-0.05, 0) is 36.5 Å². The van der Waals surface area contributed by atoms with Crippen molar-refractivity contribution in [1.29, 1.82) is 0 Å². The third kappa shape index (κ3) is 5.40. The van der Waals surface area contributed by atoms with E-state index >= 15 is 0 Å². The second kappa shape index (κ2) is 9.12. The van der Waals surface area contributed by atoms with Crippen molar-refractivity contribution < 1.29 is 14.6 Å². The quantitative estimate of drug-likeness (QED) is 0.389. The summed E-state index contributed by atoms with van der Waals surface area (Å²) in [4.78, 5) is 11.5. The molecule has 0 bridgehead atoms. The molecule has 0 amide bonds. The van der Waals surface area contributed by atoms with Gasteiger partial charge in [0, 0.05) is 23.4 Å². The normalized spacial score (nSPS) is 11.7. The minimum Gasteiger partial charge on any atom is -0.497 e. The minimum absolute atomic E-state index is 0.0451. The number of rotatable bonds is 7. The average Bonchev–Trinajstić information content (AvgIpc) is 2.62. The molecular weight excluding hydrogens is 352 g/mol. The lowest BCUT2D eigenvalue weighted by Gasteiger charge is -2.23. The molecule has 7 nitrogen and oxygen atoms in total. The fourth-order valence-corrected chi connectivity index (χ4v) is 2.75. The SMILES string of the molecule is COc1cccc([C@@H](CNC(=S)Nc2ccc([N+](=O)[O-])cc2)[NH+](C)C)c1. The maximum atomic E-state index is 10.7. The van der Waals surface area contributed by atoms with Gasteiger partial charge >= 0.3 is 0 Å². The molecule has 0 saturated heterocycles. The first kappa shape index (κ1) is 19.6. The van der Waals surface area contributed by atoms with Crippen molar-refractivity contribution in [2.45, 2.75) is 6.04 Å². The molecule has 3 N–H and O–H groups in total. The summed E-state index contributed by atoms with van der Waals surface area (Å²) < 4.78 is 5.30. The molecule has 138 valence electrons. The number of nitro groups is 1. The van der Waals surface area contributed by atoms with E-state index in [1.165, 1.54) is 17.0 Å². The van der Waals surface area contributed by atoms with E-state index in [1.807, 2.05) is 18.2 Å². The summed E-state index contributed by atoms with van der Waals surface area (Å²) in [5, 5.41) is 17.4. The number of anilines is 1. The Morgan fingerprint density at radius 3 is 2.54 bits per heavy atom. The van der Waals surface area contributed by atoms with Crippen molar-refractivity contribution >= 4 is 28.7 Å². The number of thiocarbonyl (C=S) groups is 1. The molecule has 0 aliphatic heterocycles. The van der Waals surface area contributed by atoms with Crippen molar-refractivity contribution in [3.05, 3.63) is 64.2 Å². The first-order valence-corrected chi connectivity index (χ1v) is 8.55. The van der Waals surface area contributed by atoms with E-state index in [-0.39, 0.29) is 11.7 Å². The predicted molar refractivity (Wildman–Crippen MR) is 106 cm³/mol. The van der Waals surface area contributed by atoms with E-state index in [9.17, 15) is 10.1 Å². The molecule has 0 aliphatic rings. The molecule has 0 radical (unpaired) electrons. The van der Waals surface area contributed by atoms with E-state index < -0.39 is 4.92 Å². The van der Waals surface area contributed by atoms with Gasteiger partial charge in [-0.25, -0.2) is 0 Å². The highest BCUT2D eigenvalue weighted by atomic mass is 32.1. The minimum atomic E-state index is -0.432. The third-order valence-electron chi connectivity index (χ3n) is 4.00.